The zero-order valence-electron chi connectivity index (χ0n) is 19.7. The number of anilines is 1. The van der Waals surface area contributed by atoms with Crippen molar-refractivity contribution in [2.45, 2.75) is 32.9 Å². The van der Waals surface area contributed by atoms with E-state index in [0.29, 0.717) is 12.2 Å². The molecule has 1 saturated heterocycles. The third kappa shape index (κ3) is 8.74. The van der Waals surface area contributed by atoms with Crippen LogP contribution >= 0.6 is 0 Å². The van der Waals surface area contributed by atoms with Gasteiger partial charge in [0.15, 0.2) is 0 Å². The van der Waals surface area contributed by atoms with Gasteiger partial charge in [-0.1, -0.05) is 36.4 Å². The quantitative estimate of drug-likeness (QED) is 0.394. The van der Waals surface area contributed by atoms with Crippen molar-refractivity contribution < 1.29 is 4.92 Å². The first kappa shape index (κ1) is 25.1. The predicted octanol–water partition coefficient (Wildman–Crippen LogP) is 2.88. The van der Waals surface area contributed by atoms with Crippen molar-refractivity contribution in [3.63, 3.8) is 0 Å². The maximum absolute atomic E-state index is 11.4. The molecular formula is C25H38N6O2. The summed E-state index contributed by atoms with van der Waals surface area (Å²) in [6.07, 6.45) is 2.27. The molecule has 0 bridgehead atoms. The van der Waals surface area contributed by atoms with Gasteiger partial charge in [0, 0.05) is 45.3 Å². The van der Waals surface area contributed by atoms with Gasteiger partial charge in [-0.2, -0.15) is 0 Å². The molecule has 1 aliphatic heterocycles. The fourth-order valence-corrected chi connectivity index (χ4v) is 4.15. The number of rotatable bonds is 6. The average molecular weight is 455 g/mol. The number of para-hydroxylation sites is 1. The minimum absolute atomic E-state index is 0.119. The molecule has 8 heteroatoms. The summed E-state index contributed by atoms with van der Waals surface area (Å²) in [4.78, 5) is 13.6. The molecule has 0 radical (unpaired) electrons. The second kappa shape index (κ2) is 13.9. The Morgan fingerprint density at radius 1 is 0.909 bits per heavy atom. The van der Waals surface area contributed by atoms with Crippen molar-refractivity contribution in [3.8, 4) is 0 Å². The van der Waals surface area contributed by atoms with E-state index in [1.54, 1.807) is 12.1 Å². The third-order valence-corrected chi connectivity index (χ3v) is 5.93. The van der Waals surface area contributed by atoms with E-state index in [-0.39, 0.29) is 10.6 Å². The molecule has 0 amide bonds. The number of hydrogen-bond acceptors (Lipinski definition) is 7. The Morgan fingerprint density at radius 2 is 1.61 bits per heavy atom. The Balaban J connectivity index is 1.59. The van der Waals surface area contributed by atoms with Gasteiger partial charge in [0.25, 0.3) is 5.69 Å². The summed E-state index contributed by atoms with van der Waals surface area (Å²) in [6.45, 7) is 11.6. The summed E-state index contributed by atoms with van der Waals surface area (Å²) in [6, 6.07) is 13.7. The summed E-state index contributed by atoms with van der Waals surface area (Å²) in [5.74, 6) is 0. The van der Waals surface area contributed by atoms with Crippen LogP contribution in [0, 0.1) is 17.0 Å². The van der Waals surface area contributed by atoms with E-state index in [1.165, 1.54) is 5.56 Å². The topological polar surface area (TPSA) is 94.5 Å². The van der Waals surface area contributed by atoms with Gasteiger partial charge in [0.2, 0.25) is 0 Å². The van der Waals surface area contributed by atoms with Crippen LogP contribution in [-0.2, 0) is 13.1 Å². The summed E-state index contributed by atoms with van der Waals surface area (Å²) < 4.78 is 0. The van der Waals surface area contributed by atoms with Gasteiger partial charge in [-0.15, -0.1) is 0 Å². The van der Waals surface area contributed by atoms with E-state index in [4.69, 9.17) is 0 Å². The van der Waals surface area contributed by atoms with E-state index in [2.05, 4.69) is 50.4 Å². The number of hydrogen-bond donors (Lipinski definition) is 4. The van der Waals surface area contributed by atoms with E-state index >= 15 is 0 Å². The van der Waals surface area contributed by atoms with Crippen LogP contribution in [0.2, 0.25) is 0 Å². The lowest BCUT2D eigenvalue weighted by Crippen LogP contribution is -2.36. The normalized spacial score (nSPS) is 17.2. The molecule has 3 rings (SSSR count). The molecule has 1 aliphatic rings. The maximum atomic E-state index is 11.4. The largest absolute Gasteiger partial charge is 0.375 e. The van der Waals surface area contributed by atoms with Crippen molar-refractivity contribution in [2.24, 2.45) is 0 Å². The summed E-state index contributed by atoms with van der Waals surface area (Å²) in [5, 5.41) is 25.2. The highest BCUT2D eigenvalue weighted by Crippen LogP contribution is 2.28. The zero-order valence-corrected chi connectivity index (χ0v) is 19.7. The van der Waals surface area contributed by atoms with Crippen LogP contribution in [0.15, 0.2) is 42.5 Å². The van der Waals surface area contributed by atoms with Crippen LogP contribution < -0.4 is 21.3 Å². The lowest BCUT2D eigenvalue weighted by Gasteiger charge is -2.23. The van der Waals surface area contributed by atoms with Crippen LogP contribution in [0.4, 0.5) is 11.4 Å². The Bertz CT molecular complexity index is 862. The molecule has 2 aromatic carbocycles. The standard InChI is InChI=1S/C25H38N6O2/c1-21-6-2-9-24(31(32)33)25(21)29-19-22-7-3-8-23(18-22)20-30-16-5-12-27-14-13-26-10-4-11-28-15-17-30/h2-3,6-9,18,26-29H,4-5,10-17,19-20H2,1H3. The van der Waals surface area contributed by atoms with Crippen LogP contribution in [0.3, 0.4) is 0 Å². The maximum Gasteiger partial charge on any atom is 0.292 e. The molecule has 180 valence electrons. The van der Waals surface area contributed by atoms with E-state index in [9.17, 15) is 10.1 Å². The fourth-order valence-electron chi connectivity index (χ4n) is 4.15. The molecule has 0 unspecified atom stereocenters. The molecule has 0 atom stereocenters. The second-order valence-corrected chi connectivity index (χ2v) is 8.63. The minimum Gasteiger partial charge on any atom is -0.375 e. The van der Waals surface area contributed by atoms with Gasteiger partial charge < -0.3 is 21.3 Å². The number of benzene rings is 2. The van der Waals surface area contributed by atoms with Crippen molar-refractivity contribution in [1.29, 1.82) is 0 Å². The Labute approximate surface area is 197 Å². The monoisotopic (exact) mass is 454 g/mol. The molecule has 8 nitrogen and oxygen atoms in total. The van der Waals surface area contributed by atoms with Crippen LogP contribution in [0.5, 0.6) is 0 Å². The Kier molecular flexibility index (Phi) is 10.6. The summed E-state index contributed by atoms with van der Waals surface area (Å²) in [7, 11) is 0. The van der Waals surface area contributed by atoms with Gasteiger partial charge >= 0.3 is 0 Å². The van der Waals surface area contributed by atoms with Crippen molar-refractivity contribution in [3.05, 3.63) is 69.3 Å². The average Bonchev–Trinajstić information content (AvgIpc) is 2.80. The number of nitro groups is 1. The predicted molar refractivity (Wildman–Crippen MR) is 135 cm³/mol. The molecule has 0 aromatic heterocycles. The fraction of sp³-hybridized carbons (Fsp3) is 0.520. The molecule has 2 aromatic rings. The Morgan fingerprint density at radius 3 is 2.39 bits per heavy atom. The first-order chi connectivity index (χ1) is 16.1. The summed E-state index contributed by atoms with van der Waals surface area (Å²) >= 11 is 0. The van der Waals surface area contributed by atoms with E-state index < -0.39 is 0 Å². The number of aryl methyl sites for hydroxylation is 1. The van der Waals surface area contributed by atoms with Gasteiger partial charge in [-0.25, -0.2) is 0 Å². The molecule has 4 N–H and O–H groups in total. The number of nitro benzene ring substituents is 1. The van der Waals surface area contributed by atoms with Gasteiger partial charge in [-0.05, 0) is 62.6 Å². The Hall–Kier alpha value is -2.52. The highest BCUT2D eigenvalue weighted by Gasteiger charge is 2.15. The van der Waals surface area contributed by atoms with Gasteiger partial charge in [0.1, 0.15) is 5.69 Å². The van der Waals surface area contributed by atoms with Crippen LogP contribution in [0.1, 0.15) is 29.5 Å². The molecule has 0 saturated carbocycles. The first-order valence-corrected chi connectivity index (χ1v) is 12.0. The molecular weight excluding hydrogens is 416 g/mol. The molecule has 33 heavy (non-hydrogen) atoms. The second-order valence-electron chi connectivity index (χ2n) is 8.63. The lowest BCUT2D eigenvalue weighted by atomic mass is 10.1. The highest BCUT2D eigenvalue weighted by molar-refractivity contribution is 5.66. The van der Waals surface area contributed by atoms with Crippen molar-refractivity contribution in [2.75, 3.05) is 57.7 Å². The highest BCUT2D eigenvalue weighted by atomic mass is 16.6. The number of nitrogens with zero attached hydrogens (tertiary/aromatic N) is 2. The minimum atomic E-state index is -0.328. The smallest absolute Gasteiger partial charge is 0.292 e. The number of nitrogens with one attached hydrogen (secondary N) is 4. The molecule has 1 heterocycles. The van der Waals surface area contributed by atoms with Crippen LogP contribution in [0.25, 0.3) is 0 Å². The van der Waals surface area contributed by atoms with Crippen LogP contribution in [-0.4, -0.2) is 62.2 Å². The van der Waals surface area contributed by atoms with Crippen molar-refractivity contribution >= 4 is 11.4 Å². The van der Waals surface area contributed by atoms with Gasteiger partial charge in [0.05, 0.1) is 4.92 Å². The molecule has 0 spiro atoms. The lowest BCUT2D eigenvalue weighted by molar-refractivity contribution is -0.384. The van der Waals surface area contributed by atoms with E-state index in [0.717, 1.165) is 82.9 Å². The van der Waals surface area contributed by atoms with Crippen molar-refractivity contribution in [1.82, 2.24) is 20.9 Å². The van der Waals surface area contributed by atoms with Gasteiger partial charge in [-0.3, -0.25) is 15.0 Å². The zero-order chi connectivity index (χ0) is 23.3. The van der Waals surface area contributed by atoms with E-state index in [1.807, 2.05) is 13.0 Å². The molecule has 1 fully saturated rings. The first-order valence-electron chi connectivity index (χ1n) is 12.0. The molecule has 0 aliphatic carbocycles. The third-order valence-electron chi connectivity index (χ3n) is 5.93. The SMILES string of the molecule is Cc1cccc([N+](=O)[O-])c1NCc1cccc(CN2CCCNCCNCCCNCC2)c1. The summed E-state index contributed by atoms with van der Waals surface area (Å²) in [5.41, 5.74) is 3.99.